The van der Waals surface area contributed by atoms with Crippen LogP contribution in [0.3, 0.4) is 0 Å². The number of rotatable bonds is 6. The number of esters is 3. The van der Waals surface area contributed by atoms with Crippen LogP contribution in [0.4, 0.5) is 11.4 Å². The third kappa shape index (κ3) is 4.77. The molecule has 0 unspecified atom stereocenters. The largest absolute Gasteiger partial charge is 0.466 e. The van der Waals surface area contributed by atoms with Crippen LogP contribution in [0.25, 0.3) is 0 Å². The molecule has 0 radical (unpaired) electrons. The molecule has 134 valence electrons. The van der Waals surface area contributed by atoms with Crippen molar-refractivity contribution in [1.29, 1.82) is 0 Å². The molecule has 0 aliphatic rings. The van der Waals surface area contributed by atoms with Crippen LogP contribution >= 0.6 is 0 Å². The van der Waals surface area contributed by atoms with Crippen molar-refractivity contribution in [3.63, 3.8) is 0 Å². The summed E-state index contributed by atoms with van der Waals surface area (Å²) in [4.78, 5) is 45.4. The van der Waals surface area contributed by atoms with Gasteiger partial charge in [0, 0.05) is 17.3 Å². The minimum Gasteiger partial charge on any atom is -0.466 e. The molecule has 1 rings (SSSR count). The van der Waals surface area contributed by atoms with Gasteiger partial charge in [-0.3, -0.25) is 10.1 Å². The Bertz CT molecular complexity index is 754. The highest BCUT2D eigenvalue weighted by atomic mass is 16.6. The number of hydrogen-bond acceptors (Lipinski definition) is 9. The van der Waals surface area contributed by atoms with Gasteiger partial charge >= 0.3 is 17.9 Å². The van der Waals surface area contributed by atoms with E-state index in [0.717, 1.165) is 33.5 Å². The van der Waals surface area contributed by atoms with Crippen LogP contribution in [0.15, 0.2) is 23.9 Å². The standard InChI is InChI=1S/C15H16N2O8/c1-8-10(14(19)24-3)5-9(6-12(8)17(21)22)16-11(15(20)25-4)7-13(18)23-2/h5-7,16H,1-4H3/b11-7+. The molecule has 0 aromatic heterocycles. The number of benzene rings is 1. The van der Waals surface area contributed by atoms with E-state index in [2.05, 4.69) is 19.5 Å². The maximum atomic E-state index is 11.8. The zero-order valence-corrected chi connectivity index (χ0v) is 13.9. The summed E-state index contributed by atoms with van der Waals surface area (Å²) >= 11 is 0. The maximum Gasteiger partial charge on any atom is 0.354 e. The van der Waals surface area contributed by atoms with Crippen LogP contribution in [0, 0.1) is 17.0 Å². The Morgan fingerprint density at radius 1 is 1.12 bits per heavy atom. The number of carbonyl (C=O) groups excluding carboxylic acids is 3. The van der Waals surface area contributed by atoms with Crippen LogP contribution in [-0.2, 0) is 23.8 Å². The van der Waals surface area contributed by atoms with E-state index >= 15 is 0 Å². The topological polar surface area (TPSA) is 134 Å². The Morgan fingerprint density at radius 2 is 1.76 bits per heavy atom. The fraction of sp³-hybridized carbons (Fsp3) is 0.267. The second-order valence-corrected chi connectivity index (χ2v) is 4.61. The van der Waals surface area contributed by atoms with Gasteiger partial charge in [-0.25, -0.2) is 14.4 Å². The second kappa shape index (κ2) is 8.43. The molecular weight excluding hydrogens is 336 g/mol. The van der Waals surface area contributed by atoms with Crippen molar-refractivity contribution in [1.82, 2.24) is 0 Å². The van der Waals surface area contributed by atoms with E-state index in [4.69, 9.17) is 0 Å². The quantitative estimate of drug-likeness (QED) is 0.264. The molecule has 1 N–H and O–H groups in total. The van der Waals surface area contributed by atoms with Crippen molar-refractivity contribution >= 4 is 29.3 Å². The van der Waals surface area contributed by atoms with E-state index < -0.39 is 22.8 Å². The summed E-state index contributed by atoms with van der Waals surface area (Å²) in [6.45, 7) is 1.39. The van der Waals surface area contributed by atoms with Crippen LogP contribution < -0.4 is 5.32 Å². The zero-order chi connectivity index (χ0) is 19.1. The Kier molecular flexibility index (Phi) is 6.61. The number of nitro benzene ring substituents is 1. The summed E-state index contributed by atoms with van der Waals surface area (Å²) in [5.41, 5.74) is -0.658. The van der Waals surface area contributed by atoms with E-state index in [0.29, 0.717) is 0 Å². The molecule has 25 heavy (non-hydrogen) atoms. The van der Waals surface area contributed by atoms with E-state index in [9.17, 15) is 24.5 Å². The summed E-state index contributed by atoms with van der Waals surface area (Å²) in [6, 6.07) is 2.36. The SMILES string of the molecule is COC(=O)/C=C(/Nc1cc(C(=O)OC)c(C)c([N+](=O)[O-])c1)C(=O)OC. The molecule has 0 saturated heterocycles. The first-order valence-electron chi connectivity index (χ1n) is 6.77. The second-order valence-electron chi connectivity index (χ2n) is 4.61. The third-order valence-corrected chi connectivity index (χ3v) is 3.13. The number of ether oxygens (including phenoxy) is 3. The average molecular weight is 352 g/mol. The first kappa shape index (κ1) is 19.6. The van der Waals surface area contributed by atoms with Gasteiger partial charge in [0.1, 0.15) is 5.70 Å². The predicted octanol–water partition coefficient (Wildman–Crippen LogP) is 1.33. The summed E-state index contributed by atoms with van der Waals surface area (Å²) in [6.07, 6.45) is 0.815. The maximum absolute atomic E-state index is 11.8. The molecule has 1 aromatic rings. The molecule has 0 spiro atoms. The van der Waals surface area contributed by atoms with Crippen molar-refractivity contribution in [2.75, 3.05) is 26.6 Å². The summed E-state index contributed by atoms with van der Waals surface area (Å²) in [5.74, 6) is -2.54. The molecule has 0 fully saturated rings. The van der Waals surface area contributed by atoms with Crippen LogP contribution in [-0.4, -0.2) is 44.2 Å². The first-order valence-corrected chi connectivity index (χ1v) is 6.77. The van der Waals surface area contributed by atoms with Crippen LogP contribution in [0.1, 0.15) is 15.9 Å². The number of anilines is 1. The van der Waals surface area contributed by atoms with Crippen LogP contribution in [0.2, 0.25) is 0 Å². The number of methoxy groups -OCH3 is 3. The highest BCUT2D eigenvalue weighted by Crippen LogP contribution is 2.28. The molecule has 0 heterocycles. The lowest BCUT2D eigenvalue weighted by atomic mass is 10.1. The van der Waals surface area contributed by atoms with Crippen molar-refractivity contribution in [2.24, 2.45) is 0 Å². The number of nitrogens with one attached hydrogen (secondary N) is 1. The highest BCUT2D eigenvalue weighted by Gasteiger charge is 2.22. The van der Waals surface area contributed by atoms with E-state index in [1.54, 1.807) is 0 Å². The Balaban J connectivity index is 3.44. The summed E-state index contributed by atoms with van der Waals surface area (Å²) < 4.78 is 13.5. The van der Waals surface area contributed by atoms with Crippen LogP contribution in [0.5, 0.6) is 0 Å². The fourth-order valence-corrected chi connectivity index (χ4v) is 1.87. The van der Waals surface area contributed by atoms with E-state index in [-0.39, 0.29) is 28.2 Å². The molecule has 0 saturated carbocycles. The van der Waals surface area contributed by atoms with Gasteiger partial charge in [-0.05, 0) is 13.0 Å². The Labute approximate surface area is 142 Å². The molecular formula is C15H16N2O8. The molecule has 0 aliphatic carbocycles. The normalized spacial score (nSPS) is 10.6. The fourth-order valence-electron chi connectivity index (χ4n) is 1.87. The number of hydrogen-bond donors (Lipinski definition) is 1. The minimum absolute atomic E-state index is 0.0123. The molecule has 0 amide bonds. The lowest BCUT2D eigenvalue weighted by Gasteiger charge is -2.12. The van der Waals surface area contributed by atoms with Gasteiger partial charge in [0.15, 0.2) is 0 Å². The lowest BCUT2D eigenvalue weighted by molar-refractivity contribution is -0.385. The molecule has 0 aliphatic heterocycles. The van der Waals surface area contributed by atoms with Gasteiger partial charge < -0.3 is 19.5 Å². The van der Waals surface area contributed by atoms with Crippen molar-refractivity contribution in [2.45, 2.75) is 6.92 Å². The molecule has 10 heteroatoms. The van der Waals surface area contributed by atoms with E-state index in [1.165, 1.54) is 13.0 Å². The van der Waals surface area contributed by atoms with Crippen molar-refractivity contribution < 1.29 is 33.5 Å². The smallest absolute Gasteiger partial charge is 0.354 e. The Hall–Kier alpha value is -3.43. The molecule has 10 nitrogen and oxygen atoms in total. The number of carbonyl (C=O) groups is 3. The van der Waals surface area contributed by atoms with Gasteiger partial charge in [0.05, 0.1) is 37.9 Å². The van der Waals surface area contributed by atoms with Crippen molar-refractivity contribution in [3.8, 4) is 0 Å². The van der Waals surface area contributed by atoms with Gasteiger partial charge in [0.2, 0.25) is 0 Å². The first-order chi connectivity index (χ1) is 11.7. The molecule has 0 bridgehead atoms. The summed E-state index contributed by atoms with van der Waals surface area (Å²) in [5, 5.41) is 13.7. The summed E-state index contributed by atoms with van der Waals surface area (Å²) in [7, 11) is 3.33. The Morgan fingerprint density at radius 3 is 2.24 bits per heavy atom. The van der Waals surface area contributed by atoms with Gasteiger partial charge in [0.25, 0.3) is 5.69 Å². The minimum atomic E-state index is -0.909. The van der Waals surface area contributed by atoms with Gasteiger partial charge in [-0.2, -0.15) is 0 Å². The van der Waals surface area contributed by atoms with Crippen molar-refractivity contribution in [3.05, 3.63) is 45.1 Å². The lowest BCUT2D eigenvalue weighted by Crippen LogP contribution is -2.16. The average Bonchev–Trinajstić information content (AvgIpc) is 2.60. The monoisotopic (exact) mass is 352 g/mol. The van der Waals surface area contributed by atoms with E-state index in [1.807, 2.05) is 0 Å². The number of nitrogens with zero attached hydrogens (tertiary/aromatic N) is 1. The highest BCUT2D eigenvalue weighted by molar-refractivity contribution is 5.99. The predicted molar refractivity (Wildman–Crippen MR) is 84.9 cm³/mol. The number of nitro groups is 1. The molecule has 1 aromatic carbocycles. The third-order valence-electron chi connectivity index (χ3n) is 3.13. The van der Waals surface area contributed by atoms with Gasteiger partial charge in [-0.1, -0.05) is 0 Å². The zero-order valence-electron chi connectivity index (χ0n) is 13.9. The molecule has 0 atom stereocenters. The van der Waals surface area contributed by atoms with Gasteiger partial charge in [-0.15, -0.1) is 0 Å².